The molecule has 0 aliphatic carbocycles. The van der Waals surface area contributed by atoms with Crippen molar-refractivity contribution in [3.05, 3.63) is 63.8 Å². The highest BCUT2D eigenvalue weighted by Gasteiger charge is 2.26. The second kappa shape index (κ2) is 9.15. The molecule has 1 saturated heterocycles. The fourth-order valence-electron chi connectivity index (χ4n) is 3.49. The maximum absolute atomic E-state index is 13.1. The smallest absolute Gasteiger partial charge is 0.263 e. The van der Waals surface area contributed by atoms with E-state index < -0.39 is 0 Å². The van der Waals surface area contributed by atoms with E-state index >= 15 is 0 Å². The zero-order chi connectivity index (χ0) is 20.1. The summed E-state index contributed by atoms with van der Waals surface area (Å²) in [5.74, 6) is 0.374. The van der Waals surface area contributed by atoms with Crippen LogP contribution in [0.4, 0.5) is 0 Å². The number of hydrogen-bond acceptors (Lipinski definition) is 4. The lowest BCUT2D eigenvalue weighted by molar-refractivity contribution is 0.0624. The van der Waals surface area contributed by atoms with Gasteiger partial charge < -0.3 is 9.47 Å². The average molecular weight is 383 g/mol. The van der Waals surface area contributed by atoms with Crippen LogP contribution in [0.15, 0.2) is 41.5 Å². The van der Waals surface area contributed by atoms with Gasteiger partial charge in [-0.25, -0.2) is 0 Å². The van der Waals surface area contributed by atoms with Gasteiger partial charge in [0.05, 0.1) is 5.69 Å². The highest BCUT2D eigenvalue weighted by atomic mass is 16.2. The van der Waals surface area contributed by atoms with E-state index in [0.717, 1.165) is 37.3 Å². The van der Waals surface area contributed by atoms with Gasteiger partial charge in [-0.3, -0.25) is 19.5 Å². The molecule has 0 radical (unpaired) electrons. The summed E-state index contributed by atoms with van der Waals surface area (Å²) in [6.07, 6.45) is 4.53. The van der Waals surface area contributed by atoms with Crippen molar-refractivity contribution in [3.63, 3.8) is 0 Å². The van der Waals surface area contributed by atoms with Crippen molar-refractivity contribution in [2.75, 3.05) is 26.2 Å². The maximum Gasteiger partial charge on any atom is 0.263 e. The Labute approximate surface area is 166 Å². The molecule has 0 saturated carbocycles. The number of nitrogens with zero attached hydrogens (tertiary/aromatic N) is 4. The highest BCUT2D eigenvalue weighted by Crippen LogP contribution is 2.12. The van der Waals surface area contributed by atoms with Crippen molar-refractivity contribution in [2.45, 2.75) is 40.3 Å². The second-order valence-electron chi connectivity index (χ2n) is 7.94. The summed E-state index contributed by atoms with van der Waals surface area (Å²) in [5, 5.41) is 0. The van der Waals surface area contributed by atoms with Gasteiger partial charge >= 0.3 is 0 Å². The third kappa shape index (κ3) is 4.87. The summed E-state index contributed by atoms with van der Waals surface area (Å²) in [7, 11) is 0. The summed E-state index contributed by atoms with van der Waals surface area (Å²) in [6, 6.07) is 7.80. The minimum Gasteiger partial charge on any atom is -0.336 e. The van der Waals surface area contributed by atoms with Crippen LogP contribution in [0.5, 0.6) is 0 Å². The third-order valence-electron chi connectivity index (χ3n) is 5.31. The van der Waals surface area contributed by atoms with E-state index in [0.29, 0.717) is 31.1 Å². The lowest BCUT2D eigenvalue weighted by Crippen LogP contribution is -2.49. The van der Waals surface area contributed by atoms with Crippen molar-refractivity contribution in [1.82, 2.24) is 19.4 Å². The minimum atomic E-state index is -0.165. The molecule has 0 bridgehead atoms. The van der Waals surface area contributed by atoms with Gasteiger partial charge in [0.15, 0.2) is 0 Å². The molecule has 1 amide bonds. The molecule has 0 N–H and O–H groups in total. The van der Waals surface area contributed by atoms with E-state index in [9.17, 15) is 9.59 Å². The Kier molecular flexibility index (Phi) is 6.62. The van der Waals surface area contributed by atoms with Gasteiger partial charge in [-0.15, -0.1) is 0 Å². The Bertz CT molecular complexity index is 853. The van der Waals surface area contributed by atoms with Crippen LogP contribution >= 0.6 is 0 Å². The molecule has 0 atom stereocenters. The summed E-state index contributed by atoms with van der Waals surface area (Å²) in [6.45, 7) is 10.4. The van der Waals surface area contributed by atoms with Crippen LogP contribution in [0, 0.1) is 12.8 Å². The van der Waals surface area contributed by atoms with E-state index in [1.54, 1.807) is 10.8 Å². The van der Waals surface area contributed by atoms with E-state index in [1.165, 1.54) is 0 Å². The average Bonchev–Trinajstić information content (AvgIpc) is 2.68. The van der Waals surface area contributed by atoms with Gasteiger partial charge in [0, 0.05) is 51.7 Å². The van der Waals surface area contributed by atoms with Crippen molar-refractivity contribution < 1.29 is 4.79 Å². The first kappa shape index (κ1) is 20.3. The molecule has 2 aromatic rings. The number of aromatic nitrogens is 2. The second-order valence-corrected chi connectivity index (χ2v) is 7.94. The number of piperazine rings is 1. The lowest BCUT2D eigenvalue weighted by Gasteiger charge is -2.34. The number of carbonyl (C=O) groups is 1. The SMILES string of the molecule is Cc1ccn(CCC(C)C)c(=O)c1C(=O)N1CCN(Cc2ccccn2)CC1. The Hall–Kier alpha value is -2.47. The molecule has 3 rings (SSSR count). The van der Waals surface area contributed by atoms with Crippen LogP contribution in [0.1, 0.15) is 41.9 Å². The first-order chi connectivity index (χ1) is 13.5. The molecule has 150 valence electrons. The largest absolute Gasteiger partial charge is 0.336 e. The number of pyridine rings is 2. The lowest BCUT2D eigenvalue weighted by atomic mass is 10.1. The van der Waals surface area contributed by atoms with Crippen molar-refractivity contribution >= 4 is 5.91 Å². The van der Waals surface area contributed by atoms with E-state index in [4.69, 9.17) is 0 Å². The molecule has 6 nitrogen and oxygen atoms in total. The summed E-state index contributed by atoms with van der Waals surface area (Å²) < 4.78 is 1.68. The molecule has 0 aromatic carbocycles. The Morgan fingerprint density at radius 1 is 1.14 bits per heavy atom. The molecule has 1 aliphatic rings. The molecule has 6 heteroatoms. The summed E-state index contributed by atoms with van der Waals surface area (Å²) in [5.41, 5.74) is 1.95. The molecule has 0 unspecified atom stereocenters. The minimum absolute atomic E-state index is 0.140. The first-order valence-corrected chi connectivity index (χ1v) is 10.1. The molecular formula is C22H30N4O2. The van der Waals surface area contributed by atoms with E-state index in [-0.39, 0.29) is 11.5 Å². The van der Waals surface area contributed by atoms with Gasteiger partial charge in [0.25, 0.3) is 11.5 Å². The van der Waals surface area contributed by atoms with Crippen LogP contribution in [0.3, 0.4) is 0 Å². The highest BCUT2D eigenvalue weighted by molar-refractivity contribution is 5.95. The Balaban J connectivity index is 1.66. The zero-order valence-electron chi connectivity index (χ0n) is 17.1. The van der Waals surface area contributed by atoms with Crippen LogP contribution in [-0.2, 0) is 13.1 Å². The topological polar surface area (TPSA) is 58.4 Å². The predicted molar refractivity (Wildman–Crippen MR) is 110 cm³/mol. The van der Waals surface area contributed by atoms with Crippen LogP contribution in [0.2, 0.25) is 0 Å². The normalized spacial score (nSPS) is 15.2. The monoisotopic (exact) mass is 382 g/mol. The zero-order valence-corrected chi connectivity index (χ0v) is 17.1. The van der Waals surface area contributed by atoms with Gasteiger partial charge in [0.2, 0.25) is 0 Å². The fourth-order valence-corrected chi connectivity index (χ4v) is 3.49. The number of carbonyl (C=O) groups excluding carboxylic acids is 1. The van der Waals surface area contributed by atoms with Crippen LogP contribution < -0.4 is 5.56 Å². The molecule has 28 heavy (non-hydrogen) atoms. The van der Waals surface area contributed by atoms with E-state index in [1.807, 2.05) is 42.3 Å². The molecular weight excluding hydrogens is 352 g/mol. The quantitative estimate of drug-likeness (QED) is 0.770. The van der Waals surface area contributed by atoms with Crippen molar-refractivity contribution in [2.24, 2.45) is 5.92 Å². The van der Waals surface area contributed by atoms with Gasteiger partial charge in [-0.05, 0) is 43.0 Å². The third-order valence-corrected chi connectivity index (χ3v) is 5.31. The van der Waals surface area contributed by atoms with E-state index in [2.05, 4.69) is 23.7 Å². The molecule has 1 fully saturated rings. The Morgan fingerprint density at radius 3 is 2.54 bits per heavy atom. The van der Waals surface area contributed by atoms with Crippen LogP contribution in [-0.4, -0.2) is 51.4 Å². The van der Waals surface area contributed by atoms with Crippen molar-refractivity contribution in [1.29, 1.82) is 0 Å². The Morgan fingerprint density at radius 2 is 1.89 bits per heavy atom. The molecule has 2 aromatic heterocycles. The first-order valence-electron chi connectivity index (χ1n) is 10.1. The van der Waals surface area contributed by atoms with Crippen molar-refractivity contribution in [3.8, 4) is 0 Å². The maximum atomic E-state index is 13.1. The standard InChI is InChI=1S/C22H30N4O2/c1-17(2)7-10-25-11-8-18(3)20(21(25)27)22(28)26-14-12-24(13-15-26)16-19-6-4-5-9-23-19/h4-6,8-9,11,17H,7,10,12-16H2,1-3H3. The van der Waals surface area contributed by atoms with Crippen LogP contribution in [0.25, 0.3) is 0 Å². The summed E-state index contributed by atoms with van der Waals surface area (Å²) in [4.78, 5) is 34.4. The summed E-state index contributed by atoms with van der Waals surface area (Å²) >= 11 is 0. The number of rotatable bonds is 6. The molecule has 3 heterocycles. The number of aryl methyl sites for hydroxylation is 2. The molecule has 1 aliphatic heterocycles. The fraction of sp³-hybridized carbons (Fsp3) is 0.500. The number of hydrogen-bond donors (Lipinski definition) is 0. The predicted octanol–water partition coefficient (Wildman–Crippen LogP) is 2.56. The van der Waals surface area contributed by atoms with Gasteiger partial charge in [0.1, 0.15) is 5.56 Å². The molecule has 0 spiro atoms. The number of amides is 1. The van der Waals surface area contributed by atoms with Gasteiger partial charge in [-0.2, -0.15) is 0 Å². The van der Waals surface area contributed by atoms with Gasteiger partial charge in [-0.1, -0.05) is 19.9 Å².